The van der Waals surface area contributed by atoms with Gasteiger partial charge in [-0.1, -0.05) is 12.1 Å². The van der Waals surface area contributed by atoms with Gasteiger partial charge in [0.05, 0.1) is 5.56 Å². The summed E-state index contributed by atoms with van der Waals surface area (Å²) in [4.78, 5) is 14.3. The molecule has 2 rings (SSSR count). The molecule has 1 heterocycles. The lowest BCUT2D eigenvalue weighted by molar-refractivity contribution is 0.0649. The number of carbonyl (C=O) groups is 1. The topological polar surface area (TPSA) is 40.5 Å². The van der Waals surface area contributed by atoms with E-state index in [1.54, 1.807) is 19.1 Å². The van der Waals surface area contributed by atoms with E-state index in [2.05, 4.69) is 13.8 Å². The molecule has 1 saturated heterocycles. The SMILES string of the molecule is Cc1cccc(C(=O)N2CCCC2(C)C)c1O. The van der Waals surface area contributed by atoms with Gasteiger partial charge < -0.3 is 10.0 Å². The number of carbonyl (C=O) groups excluding carboxylic acids is 1. The molecule has 1 amide bonds. The number of amides is 1. The van der Waals surface area contributed by atoms with Gasteiger partial charge >= 0.3 is 0 Å². The van der Waals surface area contributed by atoms with Crippen molar-refractivity contribution in [2.24, 2.45) is 0 Å². The van der Waals surface area contributed by atoms with Gasteiger partial charge in [0, 0.05) is 12.1 Å². The van der Waals surface area contributed by atoms with Crippen LogP contribution in [0.4, 0.5) is 0 Å². The number of nitrogens with zero attached hydrogens (tertiary/aromatic N) is 1. The zero-order valence-electron chi connectivity index (χ0n) is 10.7. The molecule has 0 aromatic heterocycles. The van der Waals surface area contributed by atoms with Crippen molar-refractivity contribution in [2.45, 2.75) is 39.2 Å². The van der Waals surface area contributed by atoms with Gasteiger partial charge in [0.2, 0.25) is 0 Å². The van der Waals surface area contributed by atoms with E-state index in [1.807, 2.05) is 11.0 Å². The lowest BCUT2D eigenvalue weighted by Crippen LogP contribution is -2.42. The molecule has 0 spiro atoms. The fourth-order valence-electron chi connectivity index (χ4n) is 2.46. The quantitative estimate of drug-likeness (QED) is 0.810. The zero-order chi connectivity index (χ0) is 12.6. The van der Waals surface area contributed by atoms with Gasteiger partial charge in [0.25, 0.3) is 5.91 Å². The highest BCUT2D eigenvalue weighted by Crippen LogP contribution is 2.32. The molecule has 1 aromatic carbocycles. The van der Waals surface area contributed by atoms with E-state index >= 15 is 0 Å². The normalized spacial score (nSPS) is 18.4. The Bertz CT molecular complexity index is 452. The van der Waals surface area contributed by atoms with Gasteiger partial charge in [0.1, 0.15) is 5.75 Å². The van der Waals surface area contributed by atoms with Crippen LogP contribution in [0.1, 0.15) is 42.6 Å². The molecule has 0 saturated carbocycles. The molecule has 0 bridgehead atoms. The largest absolute Gasteiger partial charge is 0.507 e. The van der Waals surface area contributed by atoms with E-state index in [4.69, 9.17) is 0 Å². The summed E-state index contributed by atoms with van der Waals surface area (Å²) in [6.45, 7) is 6.73. The second kappa shape index (κ2) is 4.06. The maximum absolute atomic E-state index is 12.4. The van der Waals surface area contributed by atoms with Gasteiger partial charge in [-0.2, -0.15) is 0 Å². The van der Waals surface area contributed by atoms with E-state index in [-0.39, 0.29) is 17.2 Å². The fraction of sp³-hybridized carbons (Fsp3) is 0.500. The number of benzene rings is 1. The van der Waals surface area contributed by atoms with Crippen molar-refractivity contribution in [3.63, 3.8) is 0 Å². The van der Waals surface area contributed by atoms with Crippen LogP contribution in [0, 0.1) is 6.92 Å². The second-order valence-electron chi connectivity index (χ2n) is 5.34. The Morgan fingerprint density at radius 1 is 1.41 bits per heavy atom. The number of phenolic OH excluding ortho intramolecular Hbond substituents is 1. The van der Waals surface area contributed by atoms with Gasteiger partial charge in [-0.25, -0.2) is 0 Å². The minimum Gasteiger partial charge on any atom is -0.507 e. The molecule has 1 fully saturated rings. The third kappa shape index (κ3) is 2.02. The number of hydrogen-bond acceptors (Lipinski definition) is 2. The third-order valence-electron chi connectivity index (χ3n) is 3.61. The number of aryl methyl sites for hydroxylation is 1. The van der Waals surface area contributed by atoms with E-state index in [1.165, 1.54) is 0 Å². The van der Waals surface area contributed by atoms with Crippen LogP contribution >= 0.6 is 0 Å². The van der Waals surface area contributed by atoms with Crippen LogP contribution in [0.15, 0.2) is 18.2 Å². The summed E-state index contributed by atoms with van der Waals surface area (Å²) in [5.41, 5.74) is 1.06. The molecule has 1 aliphatic rings. The molecule has 1 aliphatic heterocycles. The molecule has 1 N–H and O–H groups in total. The van der Waals surface area contributed by atoms with Crippen LogP contribution in [-0.2, 0) is 0 Å². The van der Waals surface area contributed by atoms with Crippen LogP contribution in [0.5, 0.6) is 5.75 Å². The minimum atomic E-state index is -0.104. The highest BCUT2D eigenvalue weighted by molar-refractivity contribution is 5.97. The van der Waals surface area contributed by atoms with Crippen molar-refractivity contribution in [1.29, 1.82) is 0 Å². The lowest BCUT2D eigenvalue weighted by atomic mass is 10.0. The number of para-hydroxylation sites is 1. The molecule has 0 unspecified atom stereocenters. The lowest BCUT2D eigenvalue weighted by Gasteiger charge is -2.32. The monoisotopic (exact) mass is 233 g/mol. The fourth-order valence-corrected chi connectivity index (χ4v) is 2.46. The Balaban J connectivity index is 2.35. The molecule has 0 aliphatic carbocycles. The van der Waals surface area contributed by atoms with Crippen LogP contribution in [0.2, 0.25) is 0 Å². The van der Waals surface area contributed by atoms with Crippen LogP contribution in [0.3, 0.4) is 0 Å². The van der Waals surface area contributed by atoms with Crippen molar-refractivity contribution in [3.8, 4) is 5.75 Å². The molecule has 3 nitrogen and oxygen atoms in total. The van der Waals surface area contributed by atoms with Crippen molar-refractivity contribution in [2.75, 3.05) is 6.54 Å². The molecule has 0 radical (unpaired) electrons. The summed E-state index contributed by atoms with van der Waals surface area (Å²) in [5, 5.41) is 9.95. The van der Waals surface area contributed by atoms with Crippen LogP contribution in [0.25, 0.3) is 0 Å². The molecule has 1 aromatic rings. The first-order chi connectivity index (χ1) is 7.93. The van der Waals surface area contributed by atoms with Crippen molar-refractivity contribution in [1.82, 2.24) is 4.90 Å². The van der Waals surface area contributed by atoms with E-state index in [9.17, 15) is 9.90 Å². The highest BCUT2D eigenvalue weighted by atomic mass is 16.3. The Hall–Kier alpha value is -1.51. The van der Waals surface area contributed by atoms with E-state index in [0.29, 0.717) is 5.56 Å². The molecular weight excluding hydrogens is 214 g/mol. The second-order valence-corrected chi connectivity index (χ2v) is 5.34. The third-order valence-corrected chi connectivity index (χ3v) is 3.61. The first-order valence-electron chi connectivity index (χ1n) is 6.04. The molecular formula is C14H19NO2. The number of hydrogen-bond donors (Lipinski definition) is 1. The summed E-state index contributed by atoms with van der Waals surface area (Å²) < 4.78 is 0. The van der Waals surface area contributed by atoms with E-state index in [0.717, 1.165) is 24.9 Å². The maximum atomic E-state index is 12.4. The van der Waals surface area contributed by atoms with Crippen LogP contribution < -0.4 is 0 Å². The maximum Gasteiger partial charge on any atom is 0.258 e. The number of aromatic hydroxyl groups is 1. The zero-order valence-corrected chi connectivity index (χ0v) is 10.7. The summed E-state index contributed by atoms with van der Waals surface area (Å²) >= 11 is 0. The minimum absolute atomic E-state index is 0.0614. The number of phenols is 1. The summed E-state index contributed by atoms with van der Waals surface area (Å²) in [6, 6.07) is 5.31. The first-order valence-corrected chi connectivity index (χ1v) is 6.04. The smallest absolute Gasteiger partial charge is 0.258 e. The molecule has 0 atom stereocenters. The predicted molar refractivity (Wildman–Crippen MR) is 67.2 cm³/mol. The number of likely N-dealkylation sites (tertiary alicyclic amines) is 1. The summed E-state index contributed by atoms with van der Waals surface area (Å²) in [6.07, 6.45) is 2.05. The summed E-state index contributed by atoms with van der Waals surface area (Å²) in [5.74, 6) is 0.0499. The molecule has 17 heavy (non-hydrogen) atoms. The standard InChI is InChI=1S/C14H19NO2/c1-10-6-4-7-11(12(10)16)13(17)15-9-5-8-14(15,2)3/h4,6-7,16H,5,8-9H2,1-3H3. The van der Waals surface area contributed by atoms with Crippen LogP contribution in [-0.4, -0.2) is 28.0 Å². The Labute approximate surface area is 102 Å². The van der Waals surface area contributed by atoms with Crippen molar-refractivity contribution in [3.05, 3.63) is 29.3 Å². The molecule has 3 heteroatoms. The number of rotatable bonds is 1. The van der Waals surface area contributed by atoms with Gasteiger partial charge in [-0.05, 0) is 45.2 Å². The summed E-state index contributed by atoms with van der Waals surface area (Å²) in [7, 11) is 0. The van der Waals surface area contributed by atoms with Crippen molar-refractivity contribution < 1.29 is 9.90 Å². The molecule has 92 valence electrons. The van der Waals surface area contributed by atoms with E-state index < -0.39 is 0 Å². The van der Waals surface area contributed by atoms with Gasteiger partial charge in [0.15, 0.2) is 0 Å². The van der Waals surface area contributed by atoms with Gasteiger partial charge in [-0.3, -0.25) is 4.79 Å². The van der Waals surface area contributed by atoms with Crippen molar-refractivity contribution >= 4 is 5.91 Å². The highest BCUT2D eigenvalue weighted by Gasteiger charge is 2.36. The predicted octanol–water partition coefficient (Wildman–Crippen LogP) is 2.72. The Morgan fingerprint density at radius 2 is 2.12 bits per heavy atom. The van der Waals surface area contributed by atoms with Gasteiger partial charge in [-0.15, -0.1) is 0 Å². The first kappa shape index (κ1) is 12.0. The average Bonchev–Trinajstić information content (AvgIpc) is 2.61. The average molecular weight is 233 g/mol. The Morgan fingerprint density at radius 3 is 2.71 bits per heavy atom. The Kier molecular flexibility index (Phi) is 2.86.